The van der Waals surface area contributed by atoms with E-state index in [1.165, 1.54) is 0 Å². The van der Waals surface area contributed by atoms with Crippen molar-refractivity contribution in [1.82, 2.24) is 0 Å². The number of carbonyl (C=O) groups is 1. The van der Waals surface area contributed by atoms with Crippen LogP contribution in [0.3, 0.4) is 0 Å². The summed E-state index contributed by atoms with van der Waals surface area (Å²) in [5.74, 6) is -0.833. The van der Waals surface area contributed by atoms with Gasteiger partial charge in [0.2, 0.25) is 0 Å². The van der Waals surface area contributed by atoms with Crippen LogP contribution in [0.25, 0.3) is 0 Å². The Morgan fingerprint density at radius 2 is 1.58 bits per heavy atom. The van der Waals surface area contributed by atoms with Gasteiger partial charge in [-0.3, -0.25) is 4.79 Å². The summed E-state index contributed by atoms with van der Waals surface area (Å²) in [6.45, 7) is 1.08. The lowest BCUT2D eigenvalue weighted by Crippen LogP contribution is -2.22. The average Bonchev–Trinajstić information content (AvgIpc) is 1.84. The molecule has 1 rings (SSSR count). The summed E-state index contributed by atoms with van der Waals surface area (Å²) in [4.78, 5) is 9.00. The highest BCUT2D eigenvalue weighted by molar-refractivity contribution is 5.62. The van der Waals surface area contributed by atoms with Crippen molar-refractivity contribution in [2.75, 3.05) is 0 Å². The van der Waals surface area contributed by atoms with Crippen LogP contribution in [-0.4, -0.2) is 33.5 Å². The first-order valence-corrected chi connectivity index (χ1v) is 4.08. The van der Waals surface area contributed by atoms with E-state index in [1.54, 1.807) is 0 Å². The Morgan fingerprint density at radius 1 is 1.25 bits per heavy atom. The monoisotopic (exact) mass is 176 g/mol. The zero-order chi connectivity index (χ0) is 9.56. The number of hydrogen-bond acceptors (Lipinski definition) is 3. The molecule has 0 radical (unpaired) electrons. The molecular weight excluding hydrogens is 160 g/mol. The number of carboxylic acids is 1. The van der Waals surface area contributed by atoms with Crippen molar-refractivity contribution in [3.63, 3.8) is 0 Å². The maximum absolute atomic E-state index is 9.00. The Labute approximate surface area is 71.8 Å². The number of carboxylic acid groups (broad SMARTS) is 1. The summed E-state index contributed by atoms with van der Waals surface area (Å²) in [5.41, 5.74) is 0. The Hall–Kier alpha value is -0.610. The molecule has 1 aliphatic rings. The summed E-state index contributed by atoms with van der Waals surface area (Å²) in [6.07, 6.45) is 2.83. The molecule has 0 aliphatic heterocycles. The number of aliphatic hydroxyl groups excluding tert-OH is 2. The van der Waals surface area contributed by atoms with E-state index in [2.05, 4.69) is 0 Å². The molecule has 3 N–H and O–H groups in total. The minimum absolute atomic E-state index is 0.237. The van der Waals surface area contributed by atoms with E-state index < -0.39 is 5.97 Å². The second kappa shape index (κ2) is 5.97. The first kappa shape index (κ1) is 11.4. The van der Waals surface area contributed by atoms with Gasteiger partial charge in [0.1, 0.15) is 0 Å². The highest BCUT2D eigenvalue weighted by Gasteiger charge is 2.16. The molecular formula is C8H16O4. The predicted octanol–water partition coefficient (Wildman–Crippen LogP) is 0.373. The van der Waals surface area contributed by atoms with Gasteiger partial charge in [0.15, 0.2) is 0 Å². The Balaban J connectivity index is 0.000000261. The van der Waals surface area contributed by atoms with E-state index in [-0.39, 0.29) is 12.2 Å². The molecule has 4 nitrogen and oxygen atoms in total. The number of aliphatic carboxylic acids is 1. The Kier molecular flexibility index (Phi) is 5.66. The largest absolute Gasteiger partial charge is 0.481 e. The average molecular weight is 176 g/mol. The molecule has 72 valence electrons. The summed E-state index contributed by atoms with van der Waals surface area (Å²) in [7, 11) is 0. The molecule has 0 unspecified atom stereocenters. The van der Waals surface area contributed by atoms with E-state index in [9.17, 15) is 0 Å². The van der Waals surface area contributed by atoms with E-state index in [4.69, 9.17) is 20.1 Å². The molecule has 1 saturated carbocycles. The number of aliphatic hydroxyl groups is 2. The standard InChI is InChI=1S/C6H12O2.C2H4O2/c7-5-2-1-3-6(8)4-5;1-2(3)4/h5-8H,1-4H2;1H3,(H,3,4)/t5-,6-;/m0./s1. The second-order valence-corrected chi connectivity index (χ2v) is 2.99. The fraction of sp³-hybridized carbons (Fsp3) is 0.875. The minimum atomic E-state index is -0.833. The molecule has 0 bridgehead atoms. The molecule has 0 aromatic rings. The van der Waals surface area contributed by atoms with Crippen molar-refractivity contribution in [3.05, 3.63) is 0 Å². The SMILES string of the molecule is CC(=O)O.O[C@H]1CCC[C@H](O)C1. The maximum atomic E-state index is 9.00. The molecule has 1 fully saturated rings. The predicted molar refractivity (Wildman–Crippen MR) is 43.8 cm³/mol. The van der Waals surface area contributed by atoms with Gasteiger partial charge in [-0.15, -0.1) is 0 Å². The first-order chi connectivity index (χ1) is 5.52. The van der Waals surface area contributed by atoms with Crippen LogP contribution >= 0.6 is 0 Å². The normalized spacial score (nSPS) is 28.6. The van der Waals surface area contributed by atoms with Crippen LogP contribution in [0.1, 0.15) is 32.6 Å². The van der Waals surface area contributed by atoms with Crippen molar-refractivity contribution >= 4 is 5.97 Å². The van der Waals surface area contributed by atoms with E-state index in [0.717, 1.165) is 26.2 Å². The second-order valence-electron chi connectivity index (χ2n) is 2.99. The zero-order valence-corrected chi connectivity index (χ0v) is 7.23. The minimum Gasteiger partial charge on any atom is -0.481 e. The van der Waals surface area contributed by atoms with Gasteiger partial charge in [-0.05, 0) is 25.7 Å². The van der Waals surface area contributed by atoms with E-state index in [1.807, 2.05) is 0 Å². The number of rotatable bonds is 0. The van der Waals surface area contributed by atoms with Crippen LogP contribution in [0.4, 0.5) is 0 Å². The molecule has 0 saturated heterocycles. The van der Waals surface area contributed by atoms with Gasteiger partial charge in [-0.2, -0.15) is 0 Å². The lowest BCUT2D eigenvalue weighted by Gasteiger charge is -2.20. The van der Waals surface area contributed by atoms with Crippen molar-refractivity contribution in [3.8, 4) is 0 Å². The summed E-state index contributed by atoms with van der Waals surface area (Å²) in [5, 5.41) is 25.3. The number of hydrogen-bond donors (Lipinski definition) is 3. The fourth-order valence-electron chi connectivity index (χ4n) is 1.14. The molecule has 1 aliphatic carbocycles. The van der Waals surface area contributed by atoms with Gasteiger partial charge in [0.25, 0.3) is 5.97 Å². The van der Waals surface area contributed by atoms with Gasteiger partial charge in [0, 0.05) is 6.92 Å². The molecule has 12 heavy (non-hydrogen) atoms. The van der Waals surface area contributed by atoms with Crippen LogP contribution in [0.5, 0.6) is 0 Å². The van der Waals surface area contributed by atoms with Crippen LogP contribution in [0, 0.1) is 0 Å². The van der Waals surface area contributed by atoms with Crippen LogP contribution < -0.4 is 0 Å². The summed E-state index contributed by atoms with van der Waals surface area (Å²) >= 11 is 0. The van der Waals surface area contributed by atoms with Gasteiger partial charge in [0.05, 0.1) is 12.2 Å². The quantitative estimate of drug-likeness (QED) is 0.498. The van der Waals surface area contributed by atoms with Gasteiger partial charge in [-0.25, -0.2) is 0 Å². The Bertz CT molecular complexity index is 123. The smallest absolute Gasteiger partial charge is 0.300 e. The van der Waals surface area contributed by atoms with Crippen molar-refractivity contribution < 1.29 is 20.1 Å². The van der Waals surface area contributed by atoms with Crippen molar-refractivity contribution in [2.24, 2.45) is 0 Å². The molecule has 2 atom stereocenters. The highest BCUT2D eigenvalue weighted by Crippen LogP contribution is 2.17. The fourth-order valence-corrected chi connectivity index (χ4v) is 1.14. The maximum Gasteiger partial charge on any atom is 0.300 e. The summed E-state index contributed by atoms with van der Waals surface area (Å²) < 4.78 is 0. The van der Waals surface area contributed by atoms with Crippen molar-refractivity contribution in [2.45, 2.75) is 44.8 Å². The van der Waals surface area contributed by atoms with Crippen LogP contribution in [0.15, 0.2) is 0 Å². The van der Waals surface area contributed by atoms with Gasteiger partial charge < -0.3 is 15.3 Å². The van der Waals surface area contributed by atoms with E-state index >= 15 is 0 Å². The molecule has 0 spiro atoms. The Morgan fingerprint density at radius 3 is 1.75 bits per heavy atom. The molecule has 4 heteroatoms. The van der Waals surface area contributed by atoms with Gasteiger partial charge >= 0.3 is 0 Å². The lowest BCUT2D eigenvalue weighted by atomic mass is 9.95. The van der Waals surface area contributed by atoms with Gasteiger partial charge in [-0.1, -0.05) is 0 Å². The summed E-state index contributed by atoms with van der Waals surface area (Å²) in [6, 6.07) is 0. The lowest BCUT2D eigenvalue weighted by molar-refractivity contribution is -0.134. The third-order valence-corrected chi connectivity index (χ3v) is 1.62. The van der Waals surface area contributed by atoms with Crippen molar-refractivity contribution in [1.29, 1.82) is 0 Å². The first-order valence-electron chi connectivity index (χ1n) is 4.08. The van der Waals surface area contributed by atoms with Crippen LogP contribution in [0.2, 0.25) is 0 Å². The van der Waals surface area contributed by atoms with Crippen LogP contribution in [-0.2, 0) is 4.79 Å². The molecule has 0 aromatic heterocycles. The third kappa shape index (κ3) is 7.50. The van der Waals surface area contributed by atoms with E-state index in [0.29, 0.717) is 6.42 Å². The topological polar surface area (TPSA) is 77.8 Å². The third-order valence-electron chi connectivity index (χ3n) is 1.62. The molecule has 0 amide bonds. The zero-order valence-electron chi connectivity index (χ0n) is 7.23. The highest BCUT2D eigenvalue weighted by atomic mass is 16.4. The molecule has 0 aromatic carbocycles. The molecule has 0 heterocycles.